The predicted molar refractivity (Wildman–Crippen MR) is 95.1 cm³/mol. The van der Waals surface area contributed by atoms with Gasteiger partial charge in [-0.15, -0.1) is 0 Å². The Hall–Kier alpha value is -3.19. The average Bonchev–Trinajstić information content (AvgIpc) is 2.88. The molecule has 3 N–H and O–H groups in total. The quantitative estimate of drug-likeness (QED) is 0.464. The molecule has 134 valence electrons. The maximum Gasteiger partial charge on any atom is 0.325 e. The number of anilines is 1. The highest BCUT2D eigenvalue weighted by Gasteiger charge is 2.38. The molecular formula is C19H19N3O4. The van der Waals surface area contributed by atoms with Crippen LogP contribution in [-0.4, -0.2) is 35.4 Å². The molecule has 2 aromatic carbocycles. The molecule has 2 aromatic rings. The maximum atomic E-state index is 12.5. The number of hydrazine groups is 1. The van der Waals surface area contributed by atoms with Gasteiger partial charge < -0.3 is 10.5 Å². The molecule has 2 amide bonds. The standard InChI is InChI=1S/C19H19N3O4/c1-2-26-19(25)16(11-12-7-9-13(20)10-8-12)21-22-17(23)14-5-3-4-6-15(14)18(22)24/h3-10,16,21H,2,11,20H2,1H3/t16-/m0/s1. The van der Waals surface area contributed by atoms with Gasteiger partial charge in [-0.3, -0.25) is 14.4 Å². The van der Waals surface area contributed by atoms with E-state index in [1.807, 2.05) is 0 Å². The highest BCUT2D eigenvalue weighted by molar-refractivity contribution is 6.21. The van der Waals surface area contributed by atoms with Crippen LogP contribution in [0.5, 0.6) is 0 Å². The highest BCUT2D eigenvalue weighted by atomic mass is 16.5. The third kappa shape index (κ3) is 3.43. The number of fused-ring (bicyclic) bond motifs is 1. The number of hydrogen-bond donors (Lipinski definition) is 2. The first kappa shape index (κ1) is 17.6. The number of nitrogens with zero attached hydrogens (tertiary/aromatic N) is 1. The van der Waals surface area contributed by atoms with Crippen LogP contribution in [0.3, 0.4) is 0 Å². The molecule has 7 nitrogen and oxygen atoms in total. The molecule has 1 heterocycles. The van der Waals surface area contributed by atoms with Crippen LogP contribution in [-0.2, 0) is 16.0 Å². The number of rotatable bonds is 6. The lowest BCUT2D eigenvalue weighted by atomic mass is 10.1. The van der Waals surface area contributed by atoms with Crippen LogP contribution >= 0.6 is 0 Å². The summed E-state index contributed by atoms with van der Waals surface area (Å²) >= 11 is 0. The minimum Gasteiger partial charge on any atom is -0.465 e. The number of imide groups is 1. The zero-order chi connectivity index (χ0) is 18.7. The van der Waals surface area contributed by atoms with Crippen molar-refractivity contribution in [1.29, 1.82) is 0 Å². The molecule has 1 aliphatic rings. The maximum absolute atomic E-state index is 12.5. The van der Waals surface area contributed by atoms with Gasteiger partial charge in [0.05, 0.1) is 17.7 Å². The number of hydrogen-bond acceptors (Lipinski definition) is 6. The van der Waals surface area contributed by atoms with Crippen LogP contribution in [0.15, 0.2) is 48.5 Å². The largest absolute Gasteiger partial charge is 0.465 e. The van der Waals surface area contributed by atoms with Gasteiger partial charge in [0, 0.05) is 12.1 Å². The van der Waals surface area contributed by atoms with Gasteiger partial charge in [0.2, 0.25) is 0 Å². The number of carbonyl (C=O) groups excluding carboxylic acids is 3. The number of ether oxygens (including phenoxy) is 1. The van der Waals surface area contributed by atoms with E-state index in [0.717, 1.165) is 10.6 Å². The Morgan fingerprint density at radius 1 is 1.08 bits per heavy atom. The van der Waals surface area contributed by atoms with Crippen LogP contribution in [0.4, 0.5) is 5.69 Å². The smallest absolute Gasteiger partial charge is 0.325 e. The normalized spacial score (nSPS) is 14.3. The number of esters is 1. The van der Waals surface area contributed by atoms with Crippen molar-refractivity contribution in [2.45, 2.75) is 19.4 Å². The fourth-order valence-corrected chi connectivity index (χ4v) is 2.78. The van der Waals surface area contributed by atoms with Crippen LogP contribution in [0, 0.1) is 0 Å². The zero-order valence-electron chi connectivity index (χ0n) is 14.3. The summed E-state index contributed by atoms with van der Waals surface area (Å²) in [5.74, 6) is -1.52. The van der Waals surface area contributed by atoms with E-state index >= 15 is 0 Å². The van der Waals surface area contributed by atoms with Gasteiger partial charge in [-0.1, -0.05) is 24.3 Å². The summed E-state index contributed by atoms with van der Waals surface area (Å²) in [5.41, 5.74) is 10.5. The number of carbonyl (C=O) groups is 3. The van der Waals surface area contributed by atoms with E-state index in [1.54, 1.807) is 55.5 Å². The first-order valence-electron chi connectivity index (χ1n) is 8.26. The van der Waals surface area contributed by atoms with Gasteiger partial charge in [-0.05, 0) is 36.8 Å². The van der Waals surface area contributed by atoms with E-state index < -0.39 is 23.8 Å². The molecule has 1 aliphatic heterocycles. The van der Waals surface area contributed by atoms with Gasteiger partial charge >= 0.3 is 5.97 Å². The number of amides is 2. The van der Waals surface area contributed by atoms with Gasteiger partial charge in [0.25, 0.3) is 11.8 Å². The molecule has 0 spiro atoms. The summed E-state index contributed by atoms with van der Waals surface area (Å²) in [6, 6.07) is 12.7. The Morgan fingerprint density at radius 2 is 1.65 bits per heavy atom. The number of nitrogens with two attached hydrogens (primary N) is 1. The molecule has 0 aliphatic carbocycles. The fraction of sp³-hybridized carbons (Fsp3) is 0.211. The minimum atomic E-state index is -0.888. The van der Waals surface area contributed by atoms with Gasteiger partial charge in [0.1, 0.15) is 6.04 Å². The number of nitrogens with one attached hydrogen (secondary N) is 1. The third-order valence-electron chi connectivity index (χ3n) is 4.07. The second-order valence-electron chi connectivity index (χ2n) is 5.87. The first-order valence-corrected chi connectivity index (χ1v) is 8.26. The Labute approximate surface area is 150 Å². The second-order valence-corrected chi connectivity index (χ2v) is 5.87. The van der Waals surface area contributed by atoms with Crippen LogP contribution in [0.2, 0.25) is 0 Å². The topological polar surface area (TPSA) is 102 Å². The van der Waals surface area contributed by atoms with Crippen molar-refractivity contribution in [3.05, 3.63) is 65.2 Å². The average molecular weight is 353 g/mol. The summed E-state index contributed by atoms with van der Waals surface area (Å²) in [5, 5.41) is 0.879. The van der Waals surface area contributed by atoms with E-state index in [9.17, 15) is 14.4 Å². The third-order valence-corrected chi connectivity index (χ3v) is 4.07. The van der Waals surface area contributed by atoms with Crippen molar-refractivity contribution < 1.29 is 19.1 Å². The van der Waals surface area contributed by atoms with Crippen molar-refractivity contribution in [1.82, 2.24) is 10.4 Å². The van der Waals surface area contributed by atoms with E-state index in [0.29, 0.717) is 16.8 Å². The van der Waals surface area contributed by atoms with Crippen molar-refractivity contribution in [2.75, 3.05) is 12.3 Å². The monoisotopic (exact) mass is 353 g/mol. The van der Waals surface area contributed by atoms with E-state index in [-0.39, 0.29) is 13.0 Å². The summed E-state index contributed by atoms with van der Waals surface area (Å²) < 4.78 is 5.08. The first-order chi connectivity index (χ1) is 12.5. The molecule has 1 atom stereocenters. The van der Waals surface area contributed by atoms with E-state index in [4.69, 9.17) is 10.5 Å². The van der Waals surface area contributed by atoms with Crippen LogP contribution in [0.25, 0.3) is 0 Å². The Bertz CT molecular complexity index is 813. The molecule has 0 bridgehead atoms. The molecule has 0 aromatic heterocycles. The molecule has 0 saturated heterocycles. The SMILES string of the molecule is CCOC(=O)[C@H](Cc1ccc(N)cc1)NN1C(=O)c2ccccc2C1=O. The molecule has 0 fully saturated rings. The predicted octanol–water partition coefficient (Wildman–Crippen LogP) is 1.54. The minimum absolute atomic E-state index is 0.195. The second kappa shape index (κ2) is 7.37. The van der Waals surface area contributed by atoms with Gasteiger partial charge in [-0.25, -0.2) is 10.4 Å². The lowest BCUT2D eigenvalue weighted by molar-refractivity contribution is -0.146. The zero-order valence-corrected chi connectivity index (χ0v) is 14.3. The van der Waals surface area contributed by atoms with Crippen LogP contribution < -0.4 is 11.2 Å². The Kier molecular flexibility index (Phi) is 4.99. The van der Waals surface area contributed by atoms with Gasteiger partial charge in [0.15, 0.2) is 0 Å². The number of nitrogen functional groups attached to an aromatic ring is 1. The highest BCUT2D eigenvalue weighted by Crippen LogP contribution is 2.21. The van der Waals surface area contributed by atoms with Crippen molar-refractivity contribution in [3.63, 3.8) is 0 Å². The molecule has 0 unspecified atom stereocenters. The summed E-state index contributed by atoms with van der Waals surface area (Å²) in [6.45, 7) is 1.89. The molecule has 0 saturated carbocycles. The molecule has 0 radical (unpaired) electrons. The van der Waals surface area contributed by atoms with Crippen molar-refractivity contribution in [3.8, 4) is 0 Å². The Balaban J connectivity index is 1.82. The number of benzene rings is 2. The van der Waals surface area contributed by atoms with E-state index in [1.165, 1.54) is 0 Å². The molecule has 7 heteroatoms. The van der Waals surface area contributed by atoms with Crippen LogP contribution in [0.1, 0.15) is 33.2 Å². The van der Waals surface area contributed by atoms with Crippen molar-refractivity contribution in [2.24, 2.45) is 0 Å². The molecule has 26 heavy (non-hydrogen) atoms. The summed E-state index contributed by atoms with van der Waals surface area (Å²) in [6.07, 6.45) is 0.243. The Morgan fingerprint density at radius 3 is 2.19 bits per heavy atom. The summed E-state index contributed by atoms with van der Waals surface area (Å²) in [4.78, 5) is 37.3. The summed E-state index contributed by atoms with van der Waals surface area (Å²) in [7, 11) is 0. The lowest BCUT2D eigenvalue weighted by Crippen LogP contribution is -2.52. The van der Waals surface area contributed by atoms with E-state index in [2.05, 4.69) is 5.43 Å². The van der Waals surface area contributed by atoms with Gasteiger partial charge in [-0.2, -0.15) is 0 Å². The lowest BCUT2D eigenvalue weighted by Gasteiger charge is -2.23. The molecular weight excluding hydrogens is 334 g/mol. The molecule has 3 rings (SSSR count). The fourth-order valence-electron chi connectivity index (χ4n) is 2.78. The van der Waals surface area contributed by atoms with Crippen molar-refractivity contribution >= 4 is 23.5 Å².